The highest BCUT2D eigenvalue weighted by atomic mass is 35.5. The number of aromatic nitrogens is 2. The van der Waals surface area contributed by atoms with Gasteiger partial charge in [0.1, 0.15) is 12.6 Å². The molecule has 2 rings (SSSR count). The maximum atomic E-state index is 13.1. The first-order valence-corrected chi connectivity index (χ1v) is 13.1. The minimum Gasteiger partial charge on any atom is -0.396 e. The van der Waals surface area contributed by atoms with Crippen LogP contribution in [-0.2, 0) is 24.1 Å². The lowest BCUT2D eigenvalue weighted by molar-refractivity contribution is -0.137. The second-order valence-corrected chi connectivity index (χ2v) is 13.8. The summed E-state index contributed by atoms with van der Waals surface area (Å²) in [6.45, 7) is 7.64. The highest BCUT2D eigenvalue weighted by molar-refractivity contribution is 6.76. The number of hydrogen-bond donors (Lipinski definition) is 1. The molecule has 0 radical (unpaired) electrons. The van der Waals surface area contributed by atoms with Gasteiger partial charge in [0.05, 0.1) is 21.6 Å². The summed E-state index contributed by atoms with van der Waals surface area (Å²) in [5, 5.41) is 8.63. The fourth-order valence-electron chi connectivity index (χ4n) is 2.68. The molecule has 0 atom stereocenters. The van der Waals surface area contributed by atoms with Crippen molar-refractivity contribution in [3.63, 3.8) is 0 Å². The van der Waals surface area contributed by atoms with Crippen molar-refractivity contribution >= 4 is 30.7 Å². The number of halogens is 4. The van der Waals surface area contributed by atoms with Crippen LogP contribution in [0.3, 0.4) is 0 Å². The van der Waals surface area contributed by atoms with Crippen molar-refractivity contribution in [1.82, 2.24) is 9.55 Å². The van der Waals surface area contributed by atoms with Crippen LogP contribution in [0.1, 0.15) is 24.2 Å². The lowest BCUT2D eigenvalue weighted by Crippen LogP contribution is -2.22. The number of aryl methyl sites for hydroxylation is 1. The van der Waals surface area contributed by atoms with Gasteiger partial charge in [0.15, 0.2) is 0 Å². The summed E-state index contributed by atoms with van der Waals surface area (Å²) < 4.78 is 46.9. The van der Waals surface area contributed by atoms with Gasteiger partial charge >= 0.3 is 6.18 Å². The van der Waals surface area contributed by atoms with Gasteiger partial charge in [0.25, 0.3) is 0 Å². The largest absolute Gasteiger partial charge is 0.417 e. The third-order valence-electron chi connectivity index (χ3n) is 4.25. The van der Waals surface area contributed by atoms with Crippen molar-refractivity contribution in [2.24, 2.45) is 0 Å². The monoisotopic (exact) mass is 422 g/mol. The first kappa shape index (κ1) is 22.2. The molecule has 1 aromatic heterocycles. The minimum atomic E-state index is -4.53. The van der Waals surface area contributed by atoms with Gasteiger partial charge in [-0.05, 0) is 31.0 Å². The van der Waals surface area contributed by atoms with Crippen LogP contribution in [0.4, 0.5) is 13.2 Å². The minimum absolute atomic E-state index is 0.0665. The molecule has 0 saturated carbocycles. The zero-order valence-corrected chi connectivity index (χ0v) is 17.6. The van der Waals surface area contributed by atoms with Gasteiger partial charge in [-0.15, -0.1) is 0 Å². The van der Waals surface area contributed by atoms with Crippen LogP contribution in [0, 0.1) is 0 Å². The van der Waals surface area contributed by atoms with Crippen LogP contribution in [0.5, 0.6) is 0 Å². The second-order valence-electron chi connectivity index (χ2n) is 7.80. The maximum Gasteiger partial charge on any atom is 0.417 e. The van der Waals surface area contributed by atoms with E-state index in [1.54, 1.807) is 4.57 Å². The molecule has 0 fully saturated rings. The second kappa shape index (κ2) is 8.94. The van der Waals surface area contributed by atoms with Gasteiger partial charge < -0.3 is 14.4 Å². The summed E-state index contributed by atoms with van der Waals surface area (Å²) >= 11 is 5.89. The molecular formula is C18H26ClF3N2O2Si. The van der Waals surface area contributed by atoms with Crippen LogP contribution in [0.25, 0.3) is 11.0 Å². The number of aliphatic hydroxyl groups excluding tert-OH is 1. The van der Waals surface area contributed by atoms with E-state index in [0.29, 0.717) is 37.2 Å². The Balaban J connectivity index is 2.32. The first-order valence-electron chi connectivity index (χ1n) is 8.97. The Labute approximate surface area is 163 Å². The topological polar surface area (TPSA) is 47.3 Å². The quantitative estimate of drug-likeness (QED) is 0.438. The van der Waals surface area contributed by atoms with Gasteiger partial charge in [0.2, 0.25) is 0 Å². The van der Waals surface area contributed by atoms with Gasteiger partial charge in [0, 0.05) is 27.7 Å². The number of ether oxygens (including phenoxy) is 1. The fraction of sp³-hybridized carbons (Fsp3) is 0.611. The Kier molecular flexibility index (Phi) is 7.35. The number of hydrogen-bond acceptors (Lipinski definition) is 3. The molecule has 0 bridgehead atoms. The van der Waals surface area contributed by atoms with Gasteiger partial charge in [-0.25, -0.2) is 4.98 Å². The van der Waals surface area contributed by atoms with Crippen molar-refractivity contribution in [1.29, 1.82) is 0 Å². The highest BCUT2D eigenvalue weighted by Crippen LogP contribution is 2.37. The molecule has 4 nitrogen and oxygen atoms in total. The van der Waals surface area contributed by atoms with Crippen molar-refractivity contribution < 1.29 is 23.0 Å². The van der Waals surface area contributed by atoms with Gasteiger partial charge in [-0.3, -0.25) is 0 Å². The Morgan fingerprint density at radius 2 is 1.93 bits per heavy atom. The predicted octanol–water partition coefficient (Wildman–Crippen LogP) is 5.34. The number of unbranched alkanes of at least 4 members (excludes halogenated alkanes) is 1. The number of imidazole rings is 1. The lowest BCUT2D eigenvalue weighted by atomic mass is 10.2. The van der Waals surface area contributed by atoms with E-state index < -0.39 is 19.8 Å². The van der Waals surface area contributed by atoms with E-state index in [0.717, 1.165) is 12.1 Å². The number of nitrogens with zero attached hydrogens (tertiary/aromatic N) is 2. The van der Waals surface area contributed by atoms with Gasteiger partial charge in [-0.2, -0.15) is 13.2 Å². The molecule has 2 aromatic rings. The molecule has 0 saturated heterocycles. The van der Waals surface area contributed by atoms with Crippen molar-refractivity contribution in [3.05, 3.63) is 28.5 Å². The Bertz CT molecular complexity index is 773. The zero-order valence-electron chi connectivity index (χ0n) is 15.9. The fourth-order valence-corrected chi connectivity index (χ4v) is 3.70. The molecule has 1 aromatic carbocycles. The number of rotatable bonds is 9. The smallest absolute Gasteiger partial charge is 0.396 e. The van der Waals surface area contributed by atoms with Crippen molar-refractivity contribution in [2.45, 2.75) is 57.9 Å². The normalized spacial score (nSPS) is 12.9. The third kappa shape index (κ3) is 6.20. The number of fused-ring (bicyclic) bond motifs is 1. The van der Waals surface area contributed by atoms with Crippen LogP contribution in [0.15, 0.2) is 12.1 Å². The number of benzene rings is 1. The average molecular weight is 423 g/mol. The first-order chi connectivity index (χ1) is 12.5. The molecule has 0 aliphatic heterocycles. The van der Waals surface area contributed by atoms with Crippen LogP contribution in [-0.4, -0.2) is 35.9 Å². The molecule has 0 aliphatic carbocycles. The molecule has 1 heterocycles. The highest BCUT2D eigenvalue weighted by Gasteiger charge is 2.34. The van der Waals surface area contributed by atoms with Crippen LogP contribution in [0.2, 0.25) is 30.7 Å². The molecule has 0 amide bonds. The van der Waals surface area contributed by atoms with E-state index >= 15 is 0 Å². The summed E-state index contributed by atoms with van der Waals surface area (Å²) in [4.78, 5) is 4.38. The Morgan fingerprint density at radius 3 is 2.52 bits per heavy atom. The lowest BCUT2D eigenvalue weighted by Gasteiger charge is -2.16. The van der Waals surface area contributed by atoms with Crippen molar-refractivity contribution in [2.75, 3.05) is 13.2 Å². The van der Waals surface area contributed by atoms with E-state index in [9.17, 15) is 13.2 Å². The van der Waals surface area contributed by atoms with E-state index in [2.05, 4.69) is 24.6 Å². The van der Waals surface area contributed by atoms with E-state index in [4.69, 9.17) is 21.4 Å². The molecule has 152 valence electrons. The molecule has 1 N–H and O–H groups in total. The van der Waals surface area contributed by atoms with E-state index in [1.165, 1.54) is 6.07 Å². The summed E-state index contributed by atoms with van der Waals surface area (Å²) in [5.74, 6) is 0.641. The maximum absolute atomic E-state index is 13.1. The van der Waals surface area contributed by atoms with Crippen LogP contribution < -0.4 is 0 Å². The van der Waals surface area contributed by atoms with E-state index in [1.807, 2.05) is 0 Å². The predicted molar refractivity (Wildman–Crippen MR) is 104 cm³/mol. The van der Waals surface area contributed by atoms with Crippen LogP contribution >= 0.6 is 11.6 Å². The molecule has 0 unspecified atom stereocenters. The summed E-state index contributed by atoms with van der Waals surface area (Å²) in [5.41, 5.74) is -0.109. The third-order valence-corrected chi connectivity index (χ3v) is 6.26. The summed E-state index contributed by atoms with van der Waals surface area (Å²) in [7, 11) is -1.23. The summed E-state index contributed by atoms with van der Waals surface area (Å²) in [6, 6.07) is 3.30. The number of alkyl halides is 3. The van der Waals surface area contributed by atoms with Crippen molar-refractivity contribution in [3.8, 4) is 0 Å². The molecule has 0 aliphatic rings. The Hall–Kier alpha value is -1.09. The molecule has 27 heavy (non-hydrogen) atoms. The van der Waals surface area contributed by atoms with Gasteiger partial charge in [-0.1, -0.05) is 31.2 Å². The Morgan fingerprint density at radius 1 is 1.22 bits per heavy atom. The SMILES string of the molecule is C[Si](C)(C)CCOCn1c(CCCCO)nc2cc(C(F)(F)F)c(Cl)cc21. The van der Waals surface area contributed by atoms with E-state index in [-0.39, 0.29) is 23.9 Å². The molecular weight excluding hydrogens is 397 g/mol. The molecule has 9 heteroatoms. The zero-order chi connectivity index (χ0) is 20.2. The average Bonchev–Trinajstić information content (AvgIpc) is 2.86. The standard InChI is InChI=1S/C18H26ClF3N2O2Si/c1-27(2,3)9-8-26-12-24-16-11-14(19)13(18(20,21)22)10-15(16)23-17(24)6-4-5-7-25/h10-11,25H,4-9,12H2,1-3H3. The molecule has 0 spiro atoms. The number of aliphatic hydroxyl groups is 1. The summed E-state index contributed by atoms with van der Waals surface area (Å²) in [6.07, 6.45) is -2.69.